The van der Waals surface area contributed by atoms with E-state index in [2.05, 4.69) is 15.5 Å². The number of ketones is 1. The van der Waals surface area contributed by atoms with Gasteiger partial charge in [-0.15, -0.1) is 10.2 Å². The summed E-state index contributed by atoms with van der Waals surface area (Å²) in [7, 11) is 0. The Labute approximate surface area is 127 Å². The van der Waals surface area contributed by atoms with E-state index in [1.807, 2.05) is 20.8 Å². The number of rotatable bonds is 6. The number of aromatic nitrogens is 2. The van der Waals surface area contributed by atoms with Gasteiger partial charge in [-0.05, 0) is 12.8 Å². The van der Waals surface area contributed by atoms with Crippen molar-refractivity contribution in [3.8, 4) is 0 Å². The zero-order valence-electron chi connectivity index (χ0n) is 12.1. The SMILES string of the molecule is CC(C)(C)C(=O)CSc1nnc(NCC2CCCO2)s1. The predicted octanol–water partition coefficient (Wildman–Crippen LogP) is 2.84. The summed E-state index contributed by atoms with van der Waals surface area (Å²) in [6, 6.07) is 0. The molecule has 7 heteroatoms. The zero-order valence-corrected chi connectivity index (χ0v) is 13.8. The molecule has 0 spiro atoms. The number of thioether (sulfide) groups is 1. The van der Waals surface area contributed by atoms with Crippen LogP contribution in [0.4, 0.5) is 5.13 Å². The third kappa shape index (κ3) is 4.71. The number of nitrogens with zero attached hydrogens (tertiary/aromatic N) is 2. The van der Waals surface area contributed by atoms with Crippen molar-refractivity contribution >= 4 is 34.0 Å². The lowest BCUT2D eigenvalue weighted by Crippen LogP contribution is -2.21. The molecule has 1 aliphatic heterocycles. The largest absolute Gasteiger partial charge is 0.376 e. The van der Waals surface area contributed by atoms with Gasteiger partial charge in [0.25, 0.3) is 0 Å². The highest BCUT2D eigenvalue weighted by Crippen LogP contribution is 2.28. The van der Waals surface area contributed by atoms with Crippen LogP contribution in [0.1, 0.15) is 33.6 Å². The molecule has 2 rings (SSSR count). The standard InChI is InChI=1S/C13H21N3O2S2/c1-13(2,3)10(17)8-19-12-16-15-11(20-12)14-7-9-5-4-6-18-9/h9H,4-8H2,1-3H3,(H,14,15). The minimum absolute atomic E-state index is 0.228. The van der Waals surface area contributed by atoms with Crippen molar-refractivity contribution in [2.45, 2.75) is 44.1 Å². The van der Waals surface area contributed by atoms with Gasteiger partial charge in [0.2, 0.25) is 5.13 Å². The number of hydrogen-bond acceptors (Lipinski definition) is 7. The first-order valence-corrected chi connectivity index (χ1v) is 8.60. The summed E-state index contributed by atoms with van der Waals surface area (Å²) in [5.41, 5.74) is -0.293. The van der Waals surface area contributed by atoms with Gasteiger partial charge < -0.3 is 10.1 Å². The summed E-state index contributed by atoms with van der Waals surface area (Å²) in [6.07, 6.45) is 2.53. The van der Waals surface area contributed by atoms with Crippen molar-refractivity contribution in [1.82, 2.24) is 10.2 Å². The van der Waals surface area contributed by atoms with Gasteiger partial charge in [0, 0.05) is 18.6 Å². The molecule has 0 aliphatic carbocycles. The minimum Gasteiger partial charge on any atom is -0.376 e. The van der Waals surface area contributed by atoms with Gasteiger partial charge in [-0.2, -0.15) is 0 Å². The van der Waals surface area contributed by atoms with Crippen LogP contribution < -0.4 is 5.32 Å². The van der Waals surface area contributed by atoms with Crippen molar-refractivity contribution in [3.63, 3.8) is 0 Å². The summed E-state index contributed by atoms with van der Waals surface area (Å²) in [6.45, 7) is 7.44. The van der Waals surface area contributed by atoms with E-state index in [-0.39, 0.29) is 17.3 Å². The highest BCUT2D eigenvalue weighted by Gasteiger charge is 2.21. The molecule has 1 aromatic heterocycles. The van der Waals surface area contributed by atoms with Crippen LogP contribution in [0.5, 0.6) is 0 Å². The molecule has 1 unspecified atom stereocenters. The number of anilines is 1. The molecule has 1 aliphatic rings. The fourth-order valence-corrected chi connectivity index (χ4v) is 3.61. The lowest BCUT2D eigenvalue weighted by Gasteiger charge is -2.15. The van der Waals surface area contributed by atoms with E-state index in [0.29, 0.717) is 5.75 Å². The number of carbonyl (C=O) groups is 1. The first-order chi connectivity index (χ1) is 9.45. The Kier molecular flexibility index (Phi) is 5.40. The first kappa shape index (κ1) is 15.7. The topological polar surface area (TPSA) is 64.1 Å². The fraction of sp³-hybridized carbons (Fsp3) is 0.769. The lowest BCUT2D eigenvalue weighted by atomic mass is 9.92. The monoisotopic (exact) mass is 315 g/mol. The van der Waals surface area contributed by atoms with Crippen LogP contribution in [0.25, 0.3) is 0 Å². The number of ether oxygens (including phenoxy) is 1. The average molecular weight is 315 g/mol. The number of nitrogens with one attached hydrogen (secondary N) is 1. The van der Waals surface area contributed by atoms with E-state index in [4.69, 9.17) is 4.74 Å². The van der Waals surface area contributed by atoms with Crippen molar-refractivity contribution in [2.75, 3.05) is 24.2 Å². The van der Waals surface area contributed by atoms with Gasteiger partial charge in [0.1, 0.15) is 5.78 Å². The van der Waals surface area contributed by atoms with E-state index in [9.17, 15) is 4.79 Å². The quantitative estimate of drug-likeness (QED) is 0.814. The summed E-state index contributed by atoms with van der Waals surface area (Å²) < 4.78 is 6.37. The Morgan fingerprint density at radius 1 is 1.50 bits per heavy atom. The first-order valence-electron chi connectivity index (χ1n) is 6.80. The van der Waals surface area contributed by atoms with Gasteiger partial charge in [0.15, 0.2) is 4.34 Å². The fourth-order valence-electron chi connectivity index (χ4n) is 1.69. The molecule has 1 saturated heterocycles. The van der Waals surface area contributed by atoms with Gasteiger partial charge in [-0.3, -0.25) is 4.79 Å². The molecular formula is C13H21N3O2S2. The summed E-state index contributed by atoms with van der Waals surface area (Å²) >= 11 is 2.95. The number of carbonyl (C=O) groups excluding carboxylic acids is 1. The normalized spacial score (nSPS) is 19.2. The zero-order chi connectivity index (χ0) is 14.6. The highest BCUT2D eigenvalue weighted by atomic mass is 32.2. The molecule has 1 N–H and O–H groups in total. The van der Waals surface area contributed by atoms with Crippen molar-refractivity contribution in [1.29, 1.82) is 0 Å². The third-order valence-electron chi connectivity index (χ3n) is 3.07. The predicted molar refractivity (Wildman–Crippen MR) is 82.6 cm³/mol. The van der Waals surface area contributed by atoms with Gasteiger partial charge in [-0.1, -0.05) is 43.9 Å². The smallest absolute Gasteiger partial charge is 0.206 e. The van der Waals surface area contributed by atoms with Crippen molar-refractivity contribution in [3.05, 3.63) is 0 Å². The Bertz CT molecular complexity index is 451. The number of Topliss-reactive ketones (excluding diaryl/α,β-unsaturated/α-hetero) is 1. The van der Waals surface area contributed by atoms with Crippen LogP contribution in [-0.2, 0) is 9.53 Å². The molecule has 2 heterocycles. The molecule has 0 aromatic carbocycles. The highest BCUT2D eigenvalue weighted by molar-refractivity contribution is 8.01. The van der Waals surface area contributed by atoms with Crippen LogP contribution in [-0.4, -0.2) is 41.0 Å². The third-order valence-corrected chi connectivity index (χ3v) is 5.09. The maximum atomic E-state index is 11.8. The van der Waals surface area contributed by atoms with Crippen molar-refractivity contribution < 1.29 is 9.53 Å². The second kappa shape index (κ2) is 6.87. The van der Waals surface area contributed by atoms with Crippen molar-refractivity contribution in [2.24, 2.45) is 5.41 Å². The number of hydrogen-bond donors (Lipinski definition) is 1. The average Bonchev–Trinajstić information content (AvgIpc) is 3.03. The Morgan fingerprint density at radius 2 is 2.30 bits per heavy atom. The molecule has 0 radical (unpaired) electrons. The Hall–Kier alpha value is -0.660. The molecule has 20 heavy (non-hydrogen) atoms. The molecule has 112 valence electrons. The second-order valence-corrected chi connectivity index (χ2v) is 8.05. The van der Waals surface area contributed by atoms with Crippen LogP contribution in [0.15, 0.2) is 4.34 Å². The maximum Gasteiger partial charge on any atom is 0.206 e. The molecule has 0 saturated carbocycles. The summed E-state index contributed by atoms with van der Waals surface area (Å²) in [5, 5.41) is 12.2. The molecular weight excluding hydrogens is 294 g/mol. The Balaban J connectivity index is 1.75. The lowest BCUT2D eigenvalue weighted by molar-refractivity contribution is -0.123. The second-order valence-electron chi connectivity index (χ2n) is 5.85. The van der Waals surface area contributed by atoms with Crippen LogP contribution in [0, 0.1) is 5.41 Å². The molecule has 1 atom stereocenters. The molecule has 0 bridgehead atoms. The van der Waals surface area contributed by atoms with Crippen LogP contribution >= 0.6 is 23.1 Å². The molecule has 1 fully saturated rings. The van der Waals surface area contributed by atoms with Crippen LogP contribution in [0.3, 0.4) is 0 Å². The summed E-state index contributed by atoms with van der Waals surface area (Å²) in [5.74, 6) is 0.677. The van der Waals surface area contributed by atoms with Crippen LogP contribution in [0.2, 0.25) is 0 Å². The van der Waals surface area contributed by atoms with E-state index in [1.165, 1.54) is 23.1 Å². The molecule has 1 aromatic rings. The van der Waals surface area contributed by atoms with E-state index in [1.54, 1.807) is 0 Å². The molecule has 5 nitrogen and oxygen atoms in total. The van der Waals surface area contributed by atoms with Gasteiger partial charge >= 0.3 is 0 Å². The van der Waals surface area contributed by atoms with E-state index < -0.39 is 0 Å². The van der Waals surface area contributed by atoms with Gasteiger partial charge in [0.05, 0.1) is 11.9 Å². The minimum atomic E-state index is -0.293. The molecule has 0 amide bonds. The van der Waals surface area contributed by atoms with Gasteiger partial charge in [-0.25, -0.2) is 0 Å². The van der Waals surface area contributed by atoms with E-state index in [0.717, 1.165) is 35.5 Å². The van der Waals surface area contributed by atoms with E-state index >= 15 is 0 Å². The Morgan fingerprint density at radius 3 is 2.95 bits per heavy atom. The maximum absolute atomic E-state index is 11.8. The summed E-state index contributed by atoms with van der Waals surface area (Å²) in [4.78, 5) is 11.8.